The SMILES string of the molecule is CON(C)S(=O)(=O)c1c(Cl)ccc(Nc2c(N[C@H](C)C3CC3)c(=O)c2=O)c1O. The fraction of sp³-hybridized carbons (Fsp3) is 0.412. The van der Waals surface area contributed by atoms with Crippen LogP contribution in [0.3, 0.4) is 0 Å². The lowest BCUT2D eigenvalue weighted by Crippen LogP contribution is -2.38. The van der Waals surface area contributed by atoms with Gasteiger partial charge in [0, 0.05) is 13.1 Å². The molecule has 1 aliphatic rings. The summed E-state index contributed by atoms with van der Waals surface area (Å²) in [6.07, 6.45) is 2.11. The van der Waals surface area contributed by atoms with Crippen molar-refractivity contribution in [3.05, 3.63) is 37.6 Å². The number of hydrogen-bond acceptors (Lipinski definition) is 8. The van der Waals surface area contributed by atoms with E-state index in [9.17, 15) is 23.1 Å². The van der Waals surface area contributed by atoms with E-state index in [0.29, 0.717) is 10.4 Å². The predicted octanol–water partition coefficient (Wildman–Crippen LogP) is 1.78. The van der Waals surface area contributed by atoms with E-state index in [1.807, 2.05) is 6.92 Å². The lowest BCUT2D eigenvalue weighted by molar-refractivity contribution is -0.0259. The number of phenols is 1. The summed E-state index contributed by atoms with van der Waals surface area (Å²) in [5.41, 5.74) is -1.40. The Morgan fingerprint density at radius 3 is 2.43 bits per heavy atom. The van der Waals surface area contributed by atoms with Crippen LogP contribution in [0.2, 0.25) is 5.02 Å². The minimum absolute atomic E-state index is 0.0222. The maximum absolute atomic E-state index is 12.5. The number of halogens is 1. The number of nitrogens with one attached hydrogen (secondary N) is 2. The van der Waals surface area contributed by atoms with E-state index in [-0.39, 0.29) is 28.1 Å². The molecule has 1 saturated carbocycles. The van der Waals surface area contributed by atoms with Crippen LogP contribution < -0.4 is 21.5 Å². The minimum Gasteiger partial charge on any atom is -0.504 e. The average Bonchev–Trinajstić information content (AvgIpc) is 3.49. The summed E-state index contributed by atoms with van der Waals surface area (Å²) in [6, 6.07) is 2.59. The van der Waals surface area contributed by atoms with E-state index in [1.165, 1.54) is 12.1 Å². The molecular weight excluding hydrogens is 410 g/mol. The fourth-order valence-electron chi connectivity index (χ4n) is 2.84. The quantitative estimate of drug-likeness (QED) is 0.329. The van der Waals surface area contributed by atoms with Gasteiger partial charge in [-0.1, -0.05) is 16.1 Å². The van der Waals surface area contributed by atoms with Gasteiger partial charge in [-0.25, -0.2) is 8.42 Å². The molecule has 1 atom stereocenters. The van der Waals surface area contributed by atoms with Gasteiger partial charge in [0.15, 0.2) is 5.75 Å². The predicted molar refractivity (Wildman–Crippen MR) is 106 cm³/mol. The third-order valence-electron chi connectivity index (χ3n) is 4.81. The molecule has 3 rings (SSSR count). The van der Waals surface area contributed by atoms with Crippen molar-refractivity contribution < 1.29 is 18.4 Å². The van der Waals surface area contributed by atoms with Crippen LogP contribution in [0.1, 0.15) is 19.8 Å². The summed E-state index contributed by atoms with van der Waals surface area (Å²) in [5.74, 6) is -0.242. The second-order valence-electron chi connectivity index (χ2n) is 6.67. The van der Waals surface area contributed by atoms with Crippen molar-refractivity contribution >= 4 is 38.7 Å². The molecule has 1 fully saturated rings. The maximum Gasteiger partial charge on any atom is 0.269 e. The molecule has 9 nitrogen and oxygen atoms in total. The number of phenolic OH excluding ortho intramolecular Hbond substituents is 1. The first kappa shape index (κ1) is 20.6. The molecule has 152 valence electrons. The van der Waals surface area contributed by atoms with Crippen molar-refractivity contribution in [2.45, 2.75) is 30.7 Å². The molecule has 0 radical (unpaired) electrons. The van der Waals surface area contributed by atoms with E-state index in [4.69, 9.17) is 16.4 Å². The van der Waals surface area contributed by atoms with E-state index < -0.39 is 31.5 Å². The topological polar surface area (TPSA) is 125 Å². The molecule has 0 bridgehead atoms. The van der Waals surface area contributed by atoms with Crippen molar-refractivity contribution in [2.24, 2.45) is 5.92 Å². The zero-order chi connectivity index (χ0) is 20.8. The molecule has 28 heavy (non-hydrogen) atoms. The Labute approximate surface area is 166 Å². The first-order chi connectivity index (χ1) is 13.1. The lowest BCUT2D eigenvalue weighted by atomic mass is 10.1. The molecular formula is C17H20ClN3O6S. The third kappa shape index (κ3) is 3.48. The first-order valence-electron chi connectivity index (χ1n) is 8.51. The van der Waals surface area contributed by atoms with Crippen LogP contribution in [0.25, 0.3) is 0 Å². The largest absolute Gasteiger partial charge is 0.504 e. The van der Waals surface area contributed by atoms with Gasteiger partial charge >= 0.3 is 0 Å². The number of benzene rings is 1. The van der Waals surface area contributed by atoms with E-state index in [0.717, 1.165) is 27.0 Å². The Kier molecular flexibility index (Phi) is 5.41. The van der Waals surface area contributed by atoms with Crippen LogP contribution in [0.4, 0.5) is 17.1 Å². The Bertz CT molecular complexity index is 1090. The van der Waals surface area contributed by atoms with Gasteiger partial charge in [0.2, 0.25) is 0 Å². The molecule has 11 heteroatoms. The number of aromatic hydroxyl groups is 1. The Hall–Kier alpha value is -2.14. The van der Waals surface area contributed by atoms with Gasteiger partial charge in [-0.3, -0.25) is 14.4 Å². The third-order valence-corrected chi connectivity index (χ3v) is 6.99. The first-order valence-corrected chi connectivity index (χ1v) is 10.3. The zero-order valence-corrected chi connectivity index (χ0v) is 17.0. The van der Waals surface area contributed by atoms with Crippen LogP contribution in [0, 0.1) is 5.92 Å². The summed E-state index contributed by atoms with van der Waals surface area (Å²) in [4.78, 5) is 28.0. The molecule has 1 aliphatic carbocycles. The molecule has 0 spiro atoms. The number of hydrogen-bond donors (Lipinski definition) is 3. The van der Waals surface area contributed by atoms with Gasteiger partial charge in [-0.2, -0.15) is 0 Å². The number of anilines is 3. The van der Waals surface area contributed by atoms with Crippen molar-refractivity contribution in [1.29, 1.82) is 0 Å². The van der Waals surface area contributed by atoms with Gasteiger partial charge < -0.3 is 15.7 Å². The lowest BCUT2D eigenvalue weighted by Gasteiger charge is -2.21. The Morgan fingerprint density at radius 2 is 1.86 bits per heavy atom. The van der Waals surface area contributed by atoms with Crippen molar-refractivity contribution in [1.82, 2.24) is 4.47 Å². The standard InChI is InChI=1S/C17H20ClN3O6S/c1-8(9-4-5-9)19-12-13(16(24)15(12)23)20-11-7-6-10(18)17(14(11)22)28(25,26)21(2)27-3/h6-9,19-20,22H,4-5H2,1-3H3/t8-/m1/s1. The summed E-state index contributed by atoms with van der Waals surface area (Å²) in [5, 5.41) is 15.9. The summed E-state index contributed by atoms with van der Waals surface area (Å²) < 4.78 is 25.6. The summed E-state index contributed by atoms with van der Waals surface area (Å²) >= 11 is 5.97. The van der Waals surface area contributed by atoms with E-state index in [1.54, 1.807) is 0 Å². The molecule has 0 aromatic heterocycles. The second kappa shape index (κ2) is 7.36. The second-order valence-corrected chi connectivity index (χ2v) is 8.95. The highest BCUT2D eigenvalue weighted by atomic mass is 35.5. The van der Waals surface area contributed by atoms with Crippen LogP contribution in [0.15, 0.2) is 26.6 Å². The van der Waals surface area contributed by atoms with Crippen LogP contribution in [-0.2, 0) is 14.9 Å². The zero-order valence-electron chi connectivity index (χ0n) is 15.4. The molecule has 0 amide bonds. The van der Waals surface area contributed by atoms with Gasteiger partial charge in [0.1, 0.15) is 16.3 Å². The fourth-order valence-corrected chi connectivity index (χ4v) is 4.41. The average molecular weight is 430 g/mol. The summed E-state index contributed by atoms with van der Waals surface area (Å²) in [7, 11) is -1.96. The minimum atomic E-state index is -4.25. The molecule has 2 aromatic rings. The van der Waals surface area contributed by atoms with Crippen molar-refractivity contribution in [3.8, 4) is 5.75 Å². The number of sulfonamides is 1. The smallest absolute Gasteiger partial charge is 0.269 e. The molecule has 0 unspecified atom stereocenters. The van der Waals surface area contributed by atoms with E-state index >= 15 is 0 Å². The Morgan fingerprint density at radius 1 is 1.25 bits per heavy atom. The number of rotatable bonds is 8. The molecule has 0 heterocycles. The number of hydroxylamine groups is 1. The van der Waals surface area contributed by atoms with Crippen molar-refractivity contribution in [3.63, 3.8) is 0 Å². The highest BCUT2D eigenvalue weighted by Gasteiger charge is 2.33. The van der Waals surface area contributed by atoms with Gasteiger partial charge in [0.25, 0.3) is 20.9 Å². The summed E-state index contributed by atoms with van der Waals surface area (Å²) in [6.45, 7) is 1.92. The normalized spacial score (nSPS) is 15.8. The molecule has 0 aliphatic heterocycles. The van der Waals surface area contributed by atoms with Gasteiger partial charge in [-0.15, -0.1) is 0 Å². The van der Waals surface area contributed by atoms with E-state index in [2.05, 4.69) is 10.6 Å². The Balaban J connectivity index is 1.97. The maximum atomic E-state index is 12.5. The molecule has 0 saturated heterocycles. The highest BCUT2D eigenvalue weighted by molar-refractivity contribution is 7.89. The highest BCUT2D eigenvalue weighted by Crippen LogP contribution is 2.40. The monoisotopic (exact) mass is 429 g/mol. The molecule has 2 aromatic carbocycles. The van der Waals surface area contributed by atoms with Gasteiger partial charge in [-0.05, 0) is 37.8 Å². The van der Waals surface area contributed by atoms with Crippen LogP contribution in [-0.4, -0.2) is 38.2 Å². The van der Waals surface area contributed by atoms with Crippen LogP contribution >= 0.6 is 11.6 Å². The van der Waals surface area contributed by atoms with Crippen LogP contribution in [0.5, 0.6) is 5.75 Å². The van der Waals surface area contributed by atoms with Crippen molar-refractivity contribution in [2.75, 3.05) is 24.8 Å². The van der Waals surface area contributed by atoms with Gasteiger partial charge in [0.05, 0.1) is 17.8 Å². The molecule has 3 N–H and O–H groups in total. The number of nitrogens with zero attached hydrogens (tertiary/aromatic N) is 1.